The third-order valence-electron chi connectivity index (χ3n) is 4.57. The van der Waals surface area contributed by atoms with Gasteiger partial charge < -0.3 is 19.5 Å². The van der Waals surface area contributed by atoms with Crippen LogP contribution in [0, 0.1) is 0 Å². The van der Waals surface area contributed by atoms with E-state index in [9.17, 15) is 4.79 Å². The van der Waals surface area contributed by atoms with Crippen molar-refractivity contribution < 1.29 is 19.0 Å². The Bertz CT molecular complexity index is 541. The zero-order valence-corrected chi connectivity index (χ0v) is 13.7. The molecule has 0 spiro atoms. The maximum atomic E-state index is 12.4. The molecule has 2 aliphatic heterocycles. The first-order valence-corrected chi connectivity index (χ1v) is 8.06. The predicted molar refractivity (Wildman–Crippen MR) is 86.2 cm³/mol. The number of nitrogens with one attached hydrogen (secondary N) is 1. The Morgan fingerprint density at radius 3 is 2.74 bits per heavy atom. The molecule has 0 bridgehead atoms. The van der Waals surface area contributed by atoms with Crippen LogP contribution < -0.4 is 14.8 Å². The van der Waals surface area contributed by atoms with Crippen LogP contribution in [0.1, 0.15) is 23.2 Å². The Balaban J connectivity index is 1.57. The number of morpholine rings is 1. The Hall–Kier alpha value is -1.79. The summed E-state index contributed by atoms with van der Waals surface area (Å²) in [5.74, 6) is 1.06. The van der Waals surface area contributed by atoms with Gasteiger partial charge in [0.2, 0.25) is 0 Å². The summed E-state index contributed by atoms with van der Waals surface area (Å²) >= 11 is 0. The lowest BCUT2D eigenvalue weighted by Gasteiger charge is -2.35. The van der Waals surface area contributed by atoms with E-state index in [1.165, 1.54) is 12.8 Å². The first kappa shape index (κ1) is 16.1. The fourth-order valence-electron chi connectivity index (χ4n) is 3.26. The molecule has 3 rings (SSSR count). The van der Waals surface area contributed by atoms with Crippen molar-refractivity contribution in [3.05, 3.63) is 23.8 Å². The molecule has 1 amide bonds. The average Bonchev–Trinajstić information content (AvgIpc) is 3.06. The lowest BCUT2D eigenvalue weighted by atomic mass is 10.1. The Kier molecular flexibility index (Phi) is 5.03. The molecule has 6 heteroatoms. The number of methoxy groups -OCH3 is 2. The molecule has 2 aliphatic rings. The van der Waals surface area contributed by atoms with E-state index in [1.807, 2.05) is 0 Å². The Morgan fingerprint density at radius 1 is 1.30 bits per heavy atom. The van der Waals surface area contributed by atoms with Crippen LogP contribution in [-0.2, 0) is 4.74 Å². The largest absolute Gasteiger partial charge is 0.497 e. The summed E-state index contributed by atoms with van der Waals surface area (Å²) in [6.45, 7) is 3.33. The number of hydrogen-bond acceptors (Lipinski definition) is 5. The van der Waals surface area contributed by atoms with E-state index in [-0.39, 0.29) is 12.0 Å². The number of rotatable bonds is 5. The Morgan fingerprint density at radius 2 is 2.04 bits per heavy atom. The monoisotopic (exact) mass is 320 g/mol. The zero-order chi connectivity index (χ0) is 16.2. The topological polar surface area (TPSA) is 60.0 Å². The van der Waals surface area contributed by atoms with Crippen molar-refractivity contribution >= 4 is 5.91 Å². The van der Waals surface area contributed by atoms with Gasteiger partial charge in [-0.05, 0) is 31.5 Å². The summed E-state index contributed by atoms with van der Waals surface area (Å²) in [4.78, 5) is 14.8. The molecular weight excluding hydrogens is 296 g/mol. The molecule has 1 aromatic rings. The predicted octanol–water partition coefficient (Wildman–Crippen LogP) is 1.30. The van der Waals surface area contributed by atoms with Gasteiger partial charge in [-0.15, -0.1) is 0 Å². The highest BCUT2D eigenvalue weighted by molar-refractivity contribution is 5.95. The maximum Gasteiger partial charge on any atom is 0.251 e. The molecule has 2 heterocycles. The number of hydrogen-bond donors (Lipinski definition) is 1. The molecule has 2 atom stereocenters. The van der Waals surface area contributed by atoms with Crippen LogP contribution in [0.5, 0.6) is 11.5 Å². The SMILES string of the molecule is COc1cc(OC)cc(C(=O)NC[C@@H]2CN3CCC[C@@H]3CO2)c1. The minimum atomic E-state index is -0.144. The lowest BCUT2D eigenvalue weighted by Crippen LogP contribution is -2.50. The van der Waals surface area contributed by atoms with E-state index in [2.05, 4.69) is 10.2 Å². The molecule has 126 valence electrons. The third kappa shape index (κ3) is 3.76. The van der Waals surface area contributed by atoms with Gasteiger partial charge >= 0.3 is 0 Å². The van der Waals surface area contributed by atoms with E-state index in [0.29, 0.717) is 29.6 Å². The quantitative estimate of drug-likeness (QED) is 0.886. The number of carbonyl (C=O) groups excluding carboxylic acids is 1. The number of fused-ring (bicyclic) bond motifs is 1. The second kappa shape index (κ2) is 7.19. The molecule has 23 heavy (non-hydrogen) atoms. The summed E-state index contributed by atoms with van der Waals surface area (Å²) in [5.41, 5.74) is 0.524. The molecule has 0 aromatic heterocycles. The molecule has 2 fully saturated rings. The summed E-state index contributed by atoms with van der Waals surface area (Å²) in [6, 6.07) is 5.73. The van der Waals surface area contributed by atoms with Crippen molar-refractivity contribution in [3.8, 4) is 11.5 Å². The van der Waals surface area contributed by atoms with Gasteiger partial charge in [0.15, 0.2) is 0 Å². The van der Waals surface area contributed by atoms with Gasteiger partial charge in [0.05, 0.1) is 26.9 Å². The molecule has 0 unspecified atom stereocenters. The molecule has 2 saturated heterocycles. The van der Waals surface area contributed by atoms with Crippen molar-refractivity contribution in [2.75, 3.05) is 40.5 Å². The molecule has 0 saturated carbocycles. The zero-order valence-electron chi connectivity index (χ0n) is 13.7. The highest BCUT2D eigenvalue weighted by Gasteiger charge is 2.32. The van der Waals surface area contributed by atoms with Crippen molar-refractivity contribution in [1.29, 1.82) is 0 Å². The fourth-order valence-corrected chi connectivity index (χ4v) is 3.26. The average molecular weight is 320 g/mol. The molecule has 6 nitrogen and oxygen atoms in total. The van der Waals surface area contributed by atoms with E-state index in [0.717, 1.165) is 19.7 Å². The van der Waals surface area contributed by atoms with Crippen LogP contribution in [0.3, 0.4) is 0 Å². The number of amides is 1. The molecule has 1 aromatic carbocycles. The molecule has 1 N–H and O–H groups in total. The Labute approximate surface area is 136 Å². The summed E-state index contributed by atoms with van der Waals surface area (Å²) in [5, 5.41) is 2.95. The molecular formula is C17H24N2O4. The standard InChI is InChI=1S/C17H24N2O4/c1-21-14-6-12(7-15(8-14)22-2)17(20)18-9-16-10-19-5-3-4-13(19)11-23-16/h6-8,13,16H,3-5,9-11H2,1-2H3,(H,18,20)/t13-,16-/m1/s1. The van der Waals surface area contributed by atoms with Crippen LogP contribution in [-0.4, -0.2) is 63.4 Å². The second-order valence-corrected chi connectivity index (χ2v) is 6.06. The van der Waals surface area contributed by atoms with Crippen LogP contribution >= 0.6 is 0 Å². The number of carbonyl (C=O) groups is 1. The minimum absolute atomic E-state index is 0.0563. The van der Waals surface area contributed by atoms with Crippen molar-refractivity contribution in [2.45, 2.75) is 25.0 Å². The second-order valence-electron chi connectivity index (χ2n) is 6.06. The van der Waals surface area contributed by atoms with Gasteiger partial charge in [0.1, 0.15) is 11.5 Å². The number of benzene rings is 1. The van der Waals surface area contributed by atoms with Crippen molar-refractivity contribution in [1.82, 2.24) is 10.2 Å². The highest BCUT2D eigenvalue weighted by atomic mass is 16.5. The third-order valence-corrected chi connectivity index (χ3v) is 4.57. The van der Waals surface area contributed by atoms with Gasteiger partial charge in [0, 0.05) is 30.8 Å². The van der Waals surface area contributed by atoms with E-state index < -0.39 is 0 Å². The molecule has 0 radical (unpaired) electrons. The number of nitrogens with zero attached hydrogens (tertiary/aromatic N) is 1. The first-order chi connectivity index (χ1) is 11.2. The molecule has 0 aliphatic carbocycles. The number of ether oxygens (including phenoxy) is 3. The highest BCUT2D eigenvalue weighted by Crippen LogP contribution is 2.23. The van der Waals surface area contributed by atoms with E-state index in [4.69, 9.17) is 14.2 Å². The fraction of sp³-hybridized carbons (Fsp3) is 0.588. The van der Waals surface area contributed by atoms with Crippen LogP contribution in [0.2, 0.25) is 0 Å². The first-order valence-electron chi connectivity index (χ1n) is 8.06. The summed E-state index contributed by atoms with van der Waals surface area (Å²) in [6.07, 6.45) is 2.53. The van der Waals surface area contributed by atoms with Gasteiger partial charge in [-0.3, -0.25) is 9.69 Å². The summed E-state index contributed by atoms with van der Waals surface area (Å²) in [7, 11) is 3.14. The van der Waals surface area contributed by atoms with Crippen molar-refractivity contribution in [2.24, 2.45) is 0 Å². The van der Waals surface area contributed by atoms with Crippen molar-refractivity contribution in [3.63, 3.8) is 0 Å². The van der Waals surface area contributed by atoms with Gasteiger partial charge in [0.25, 0.3) is 5.91 Å². The van der Waals surface area contributed by atoms with Gasteiger partial charge in [-0.1, -0.05) is 0 Å². The van der Waals surface area contributed by atoms with E-state index >= 15 is 0 Å². The van der Waals surface area contributed by atoms with E-state index in [1.54, 1.807) is 32.4 Å². The van der Waals surface area contributed by atoms with Gasteiger partial charge in [-0.25, -0.2) is 0 Å². The van der Waals surface area contributed by atoms with Crippen LogP contribution in [0.4, 0.5) is 0 Å². The summed E-state index contributed by atoms with van der Waals surface area (Å²) < 4.78 is 16.3. The minimum Gasteiger partial charge on any atom is -0.497 e. The van der Waals surface area contributed by atoms with Crippen LogP contribution in [0.25, 0.3) is 0 Å². The normalized spacial score (nSPS) is 24.1. The van der Waals surface area contributed by atoms with Crippen LogP contribution in [0.15, 0.2) is 18.2 Å². The smallest absolute Gasteiger partial charge is 0.251 e. The van der Waals surface area contributed by atoms with Gasteiger partial charge in [-0.2, -0.15) is 0 Å². The maximum absolute atomic E-state index is 12.4. The lowest BCUT2D eigenvalue weighted by molar-refractivity contribution is -0.0461.